The molecule has 1 atom stereocenters. The van der Waals surface area contributed by atoms with Crippen LogP contribution in [0.25, 0.3) is 0 Å². The van der Waals surface area contributed by atoms with Crippen molar-refractivity contribution in [1.29, 1.82) is 0 Å². The molecule has 0 fully saturated rings. The van der Waals surface area contributed by atoms with E-state index in [1.54, 1.807) is 0 Å². The molecule has 0 bridgehead atoms. The minimum atomic E-state index is -0.785. The summed E-state index contributed by atoms with van der Waals surface area (Å²) in [5, 5.41) is 0. The van der Waals surface area contributed by atoms with Gasteiger partial charge in [-0.25, -0.2) is 0 Å². The number of esters is 3. The number of ether oxygens (including phenoxy) is 3. The molecule has 0 saturated carbocycles. The van der Waals surface area contributed by atoms with E-state index in [1.807, 2.05) is 0 Å². The topological polar surface area (TPSA) is 78.9 Å². The maximum absolute atomic E-state index is 12.8. The Morgan fingerprint density at radius 2 is 0.609 bits per heavy atom. The zero-order valence-corrected chi connectivity index (χ0v) is 42.0. The Balaban J connectivity index is 4.39. The molecule has 0 N–H and O–H groups in total. The van der Waals surface area contributed by atoms with Crippen molar-refractivity contribution in [2.75, 3.05) is 13.2 Å². The molecular weight excluding hydrogens is 793 g/mol. The van der Waals surface area contributed by atoms with Crippen molar-refractivity contribution in [1.82, 2.24) is 0 Å². The third-order valence-corrected chi connectivity index (χ3v) is 11.6. The summed E-state index contributed by atoms with van der Waals surface area (Å²) in [7, 11) is 0. The van der Waals surface area contributed by atoms with Gasteiger partial charge in [-0.15, -0.1) is 0 Å². The summed E-state index contributed by atoms with van der Waals surface area (Å²) >= 11 is 0. The number of hydrogen-bond acceptors (Lipinski definition) is 6. The number of carbonyl (C=O) groups excluding carboxylic acids is 3. The standard InChI is InChI=1S/C58H100O6/c1-4-7-10-13-16-19-22-25-28-31-33-36-39-42-45-48-51-57(60)63-54-55(64-58(61)52-49-46-43-40-37-34-30-27-24-21-18-15-12-9-6-3)53-62-56(59)50-47-44-41-38-35-32-29-26-23-20-17-14-11-8-5-2/h8-9,11-12,14-15,17-18,20-21,23-24,55H,4-7,10,13,16,19,22,25-54H2,1-3H3/b11-8-,12-9-,17-14-,18-15-,23-20-,24-21-. The van der Waals surface area contributed by atoms with Crippen molar-refractivity contribution in [3.8, 4) is 0 Å². The Bertz CT molecular complexity index is 1210. The summed E-state index contributed by atoms with van der Waals surface area (Å²) in [6.07, 6.45) is 66.0. The Hall–Kier alpha value is -3.15. The van der Waals surface area contributed by atoms with Gasteiger partial charge in [0.25, 0.3) is 0 Å². The summed E-state index contributed by atoms with van der Waals surface area (Å²) in [5.74, 6) is -0.901. The lowest BCUT2D eigenvalue weighted by atomic mass is 10.0. The van der Waals surface area contributed by atoms with E-state index in [9.17, 15) is 14.4 Å². The van der Waals surface area contributed by atoms with Crippen molar-refractivity contribution in [2.45, 2.75) is 264 Å². The SMILES string of the molecule is CC\C=C/C=C\C=C/CCCCCCCCCC(=O)OCC(COC(=O)CCCCCCCCCCCCCCCCCC)OC(=O)CCCCCCCCC\C=C/C=C\C=C/CC. The van der Waals surface area contributed by atoms with Crippen molar-refractivity contribution in [3.05, 3.63) is 72.9 Å². The molecule has 0 saturated heterocycles. The molecule has 0 spiro atoms. The normalized spacial score (nSPS) is 12.6. The van der Waals surface area contributed by atoms with Gasteiger partial charge in [0.2, 0.25) is 0 Å². The van der Waals surface area contributed by atoms with Crippen LogP contribution in [-0.4, -0.2) is 37.2 Å². The van der Waals surface area contributed by atoms with Gasteiger partial charge in [0.1, 0.15) is 13.2 Å². The molecular formula is C58H100O6. The van der Waals surface area contributed by atoms with Crippen molar-refractivity contribution < 1.29 is 28.6 Å². The van der Waals surface area contributed by atoms with Gasteiger partial charge in [0.05, 0.1) is 0 Å². The molecule has 6 heteroatoms. The van der Waals surface area contributed by atoms with E-state index < -0.39 is 6.10 Å². The fraction of sp³-hybridized carbons (Fsp3) is 0.741. The molecule has 1 unspecified atom stereocenters. The lowest BCUT2D eigenvalue weighted by molar-refractivity contribution is -0.167. The maximum atomic E-state index is 12.8. The lowest BCUT2D eigenvalue weighted by Gasteiger charge is -2.18. The van der Waals surface area contributed by atoms with Gasteiger partial charge in [-0.05, 0) is 57.8 Å². The molecule has 0 amide bonds. The molecule has 0 rings (SSSR count). The van der Waals surface area contributed by atoms with E-state index in [1.165, 1.54) is 135 Å². The minimum absolute atomic E-state index is 0.0825. The van der Waals surface area contributed by atoms with E-state index in [0.29, 0.717) is 19.3 Å². The molecule has 0 aromatic rings. The van der Waals surface area contributed by atoms with Crippen LogP contribution in [0.1, 0.15) is 258 Å². The number of hydrogen-bond donors (Lipinski definition) is 0. The summed E-state index contributed by atoms with van der Waals surface area (Å²) in [6.45, 7) is 6.38. The molecule has 0 aromatic heterocycles. The van der Waals surface area contributed by atoms with Gasteiger partial charge in [-0.2, -0.15) is 0 Å². The number of rotatable bonds is 48. The van der Waals surface area contributed by atoms with E-state index in [-0.39, 0.29) is 31.1 Å². The third kappa shape index (κ3) is 49.9. The molecule has 0 heterocycles. The van der Waals surface area contributed by atoms with Crippen LogP contribution in [-0.2, 0) is 28.6 Å². The molecule has 6 nitrogen and oxygen atoms in total. The smallest absolute Gasteiger partial charge is 0.306 e. The molecule has 0 aliphatic heterocycles. The molecule has 368 valence electrons. The van der Waals surface area contributed by atoms with Crippen LogP contribution in [0.2, 0.25) is 0 Å². The number of allylic oxidation sites excluding steroid dienone is 12. The third-order valence-electron chi connectivity index (χ3n) is 11.6. The van der Waals surface area contributed by atoms with Crippen LogP contribution < -0.4 is 0 Å². The summed E-state index contributed by atoms with van der Waals surface area (Å²) in [5.41, 5.74) is 0. The maximum Gasteiger partial charge on any atom is 0.306 e. The Morgan fingerprint density at radius 1 is 0.328 bits per heavy atom. The highest BCUT2D eigenvalue weighted by molar-refractivity contribution is 5.71. The van der Waals surface area contributed by atoms with Gasteiger partial charge in [0.15, 0.2) is 6.10 Å². The van der Waals surface area contributed by atoms with Gasteiger partial charge in [-0.3, -0.25) is 14.4 Å². The number of unbranched alkanes of at least 4 members (excludes halogenated alkanes) is 29. The highest BCUT2D eigenvalue weighted by Gasteiger charge is 2.19. The first kappa shape index (κ1) is 60.9. The lowest BCUT2D eigenvalue weighted by Crippen LogP contribution is -2.30. The first-order valence-electron chi connectivity index (χ1n) is 27.0. The first-order valence-corrected chi connectivity index (χ1v) is 27.0. The zero-order valence-electron chi connectivity index (χ0n) is 42.0. The predicted molar refractivity (Wildman–Crippen MR) is 274 cm³/mol. The van der Waals surface area contributed by atoms with E-state index in [4.69, 9.17) is 14.2 Å². The van der Waals surface area contributed by atoms with Crippen LogP contribution in [0.15, 0.2) is 72.9 Å². The van der Waals surface area contributed by atoms with Crippen LogP contribution in [0.3, 0.4) is 0 Å². The van der Waals surface area contributed by atoms with Crippen molar-refractivity contribution in [2.24, 2.45) is 0 Å². The predicted octanol–water partition coefficient (Wildman–Crippen LogP) is 17.8. The zero-order chi connectivity index (χ0) is 46.5. The van der Waals surface area contributed by atoms with E-state index in [2.05, 4.69) is 93.7 Å². The Morgan fingerprint density at radius 3 is 0.938 bits per heavy atom. The van der Waals surface area contributed by atoms with Crippen LogP contribution >= 0.6 is 0 Å². The van der Waals surface area contributed by atoms with Gasteiger partial charge in [0, 0.05) is 19.3 Å². The largest absolute Gasteiger partial charge is 0.462 e. The van der Waals surface area contributed by atoms with E-state index >= 15 is 0 Å². The van der Waals surface area contributed by atoms with Crippen LogP contribution in [0, 0.1) is 0 Å². The molecule has 0 aromatic carbocycles. The summed E-state index contributed by atoms with van der Waals surface area (Å²) < 4.78 is 16.8. The Labute approximate surface area is 395 Å². The molecule has 0 aliphatic carbocycles. The van der Waals surface area contributed by atoms with Gasteiger partial charge >= 0.3 is 17.9 Å². The second kappa shape index (κ2) is 52.5. The van der Waals surface area contributed by atoms with Crippen LogP contribution in [0.5, 0.6) is 0 Å². The summed E-state index contributed by atoms with van der Waals surface area (Å²) in [6, 6.07) is 0. The Kier molecular flexibility index (Phi) is 49.9. The second-order valence-electron chi connectivity index (χ2n) is 17.9. The average molecular weight is 893 g/mol. The fourth-order valence-electron chi connectivity index (χ4n) is 7.56. The minimum Gasteiger partial charge on any atom is -0.462 e. The highest BCUT2D eigenvalue weighted by Crippen LogP contribution is 2.16. The van der Waals surface area contributed by atoms with Gasteiger partial charge in [-0.1, -0.05) is 254 Å². The monoisotopic (exact) mass is 893 g/mol. The highest BCUT2D eigenvalue weighted by atomic mass is 16.6. The average Bonchev–Trinajstić information content (AvgIpc) is 3.29. The second-order valence-corrected chi connectivity index (χ2v) is 17.9. The van der Waals surface area contributed by atoms with Gasteiger partial charge < -0.3 is 14.2 Å². The fourth-order valence-corrected chi connectivity index (χ4v) is 7.56. The van der Waals surface area contributed by atoms with E-state index in [0.717, 1.165) is 83.5 Å². The van der Waals surface area contributed by atoms with Crippen molar-refractivity contribution >= 4 is 17.9 Å². The molecule has 0 aliphatic rings. The van der Waals surface area contributed by atoms with Crippen LogP contribution in [0.4, 0.5) is 0 Å². The van der Waals surface area contributed by atoms with Crippen molar-refractivity contribution in [3.63, 3.8) is 0 Å². The number of carbonyl (C=O) groups is 3. The first-order chi connectivity index (χ1) is 31.5. The molecule has 0 radical (unpaired) electrons. The molecule has 64 heavy (non-hydrogen) atoms. The quantitative estimate of drug-likeness (QED) is 0.0262. The summed E-state index contributed by atoms with van der Waals surface area (Å²) in [4.78, 5) is 38.1.